The molecule has 142 valence electrons. The van der Waals surface area contributed by atoms with Crippen molar-refractivity contribution < 1.29 is 9.59 Å². The van der Waals surface area contributed by atoms with Gasteiger partial charge in [0.1, 0.15) is 5.82 Å². The Labute approximate surface area is 158 Å². The van der Waals surface area contributed by atoms with Gasteiger partial charge >= 0.3 is 0 Å². The average molecular weight is 378 g/mol. The second kappa shape index (κ2) is 7.50. The van der Waals surface area contributed by atoms with Crippen molar-refractivity contribution in [2.75, 3.05) is 19.6 Å². The third kappa shape index (κ3) is 4.00. The van der Waals surface area contributed by atoms with Gasteiger partial charge in [0.2, 0.25) is 11.8 Å². The van der Waals surface area contributed by atoms with E-state index < -0.39 is 0 Å². The standard InChI is InChI=1S/C18H27N5O2S/c24-15(2-1-9-19-17(25)13-3-4-13)22-10-7-12(8-11-22)16-20-21-18(26)23(16)14-5-6-14/h12-14H,1-11H2,(H,19,25)(H,21,26). The number of nitrogens with zero attached hydrogens (tertiary/aromatic N) is 3. The molecule has 0 radical (unpaired) electrons. The Balaban J connectivity index is 1.21. The molecule has 0 unspecified atom stereocenters. The summed E-state index contributed by atoms with van der Waals surface area (Å²) in [6.45, 7) is 2.16. The van der Waals surface area contributed by atoms with Crippen LogP contribution in [0, 0.1) is 10.7 Å². The number of rotatable bonds is 7. The fraction of sp³-hybridized carbons (Fsp3) is 0.778. The van der Waals surface area contributed by atoms with Crippen LogP contribution in [0.3, 0.4) is 0 Å². The summed E-state index contributed by atoms with van der Waals surface area (Å²) in [5.41, 5.74) is 0. The molecule has 3 aliphatic rings. The van der Waals surface area contributed by atoms with Crippen molar-refractivity contribution in [1.82, 2.24) is 25.0 Å². The normalized spacial score (nSPS) is 21.0. The monoisotopic (exact) mass is 377 g/mol. The molecule has 3 fully saturated rings. The van der Waals surface area contributed by atoms with Crippen LogP contribution in [0.2, 0.25) is 0 Å². The highest BCUT2D eigenvalue weighted by atomic mass is 32.1. The Morgan fingerprint density at radius 2 is 1.88 bits per heavy atom. The summed E-state index contributed by atoms with van der Waals surface area (Å²) < 4.78 is 2.93. The first kappa shape index (κ1) is 17.7. The van der Waals surface area contributed by atoms with Crippen molar-refractivity contribution in [3.8, 4) is 0 Å². The number of likely N-dealkylation sites (tertiary alicyclic amines) is 1. The van der Waals surface area contributed by atoms with E-state index in [0.29, 0.717) is 24.9 Å². The van der Waals surface area contributed by atoms with E-state index >= 15 is 0 Å². The van der Waals surface area contributed by atoms with Gasteiger partial charge in [0, 0.05) is 43.9 Å². The lowest BCUT2D eigenvalue weighted by atomic mass is 9.95. The summed E-state index contributed by atoms with van der Waals surface area (Å²) in [5.74, 6) is 2.05. The number of aromatic amines is 1. The van der Waals surface area contributed by atoms with E-state index in [1.807, 2.05) is 4.90 Å². The number of hydrogen-bond donors (Lipinski definition) is 2. The molecule has 2 amide bonds. The Morgan fingerprint density at radius 1 is 1.15 bits per heavy atom. The van der Waals surface area contributed by atoms with Gasteiger partial charge in [-0.2, -0.15) is 5.10 Å². The maximum Gasteiger partial charge on any atom is 0.223 e. The molecule has 2 saturated carbocycles. The summed E-state index contributed by atoms with van der Waals surface area (Å²) in [4.78, 5) is 25.9. The molecule has 4 rings (SSSR count). The molecule has 1 saturated heterocycles. The lowest BCUT2D eigenvalue weighted by Gasteiger charge is -2.31. The molecule has 8 heteroatoms. The summed E-state index contributed by atoms with van der Waals surface area (Å²) in [6.07, 6.45) is 7.53. The highest BCUT2D eigenvalue weighted by Crippen LogP contribution is 2.39. The average Bonchev–Trinajstić information content (AvgIpc) is 3.56. The number of aromatic nitrogens is 3. The molecular formula is C18H27N5O2S. The van der Waals surface area contributed by atoms with Crippen LogP contribution >= 0.6 is 12.2 Å². The van der Waals surface area contributed by atoms with Gasteiger partial charge in [-0.1, -0.05) is 0 Å². The zero-order valence-electron chi connectivity index (χ0n) is 15.1. The lowest BCUT2D eigenvalue weighted by Crippen LogP contribution is -2.38. The van der Waals surface area contributed by atoms with Crippen LogP contribution in [0.4, 0.5) is 0 Å². The predicted molar refractivity (Wildman–Crippen MR) is 99.2 cm³/mol. The summed E-state index contributed by atoms with van der Waals surface area (Å²) >= 11 is 5.37. The van der Waals surface area contributed by atoms with Gasteiger partial charge in [0.05, 0.1) is 0 Å². The Bertz CT molecular complexity index is 726. The quantitative estimate of drug-likeness (QED) is 0.564. The molecule has 2 heterocycles. The Morgan fingerprint density at radius 3 is 2.54 bits per heavy atom. The van der Waals surface area contributed by atoms with Crippen molar-refractivity contribution >= 4 is 24.0 Å². The van der Waals surface area contributed by atoms with E-state index in [4.69, 9.17) is 12.2 Å². The first-order chi connectivity index (χ1) is 12.6. The smallest absolute Gasteiger partial charge is 0.223 e. The van der Waals surface area contributed by atoms with Crippen LogP contribution in [0.25, 0.3) is 0 Å². The maximum atomic E-state index is 12.4. The van der Waals surface area contributed by atoms with Crippen molar-refractivity contribution in [1.29, 1.82) is 0 Å². The van der Waals surface area contributed by atoms with Crippen molar-refractivity contribution in [2.24, 2.45) is 5.92 Å². The van der Waals surface area contributed by atoms with Gasteiger partial charge in [0.15, 0.2) is 4.77 Å². The lowest BCUT2D eigenvalue weighted by molar-refractivity contribution is -0.132. The summed E-state index contributed by atoms with van der Waals surface area (Å²) in [6, 6.07) is 0.529. The minimum Gasteiger partial charge on any atom is -0.356 e. The fourth-order valence-corrected chi connectivity index (χ4v) is 4.06. The van der Waals surface area contributed by atoms with Crippen molar-refractivity contribution in [2.45, 2.75) is 63.3 Å². The highest BCUT2D eigenvalue weighted by molar-refractivity contribution is 7.71. The molecule has 2 aliphatic carbocycles. The molecule has 1 aromatic rings. The fourth-order valence-electron chi connectivity index (χ4n) is 3.78. The second-order valence-electron chi connectivity index (χ2n) is 7.81. The van der Waals surface area contributed by atoms with Crippen molar-refractivity contribution in [3.63, 3.8) is 0 Å². The molecular weight excluding hydrogens is 350 g/mol. The third-order valence-electron chi connectivity index (χ3n) is 5.67. The predicted octanol–water partition coefficient (Wildman–Crippen LogP) is 2.29. The zero-order valence-corrected chi connectivity index (χ0v) is 15.9. The van der Waals surface area contributed by atoms with Gasteiger partial charge in [-0.25, -0.2) is 0 Å². The van der Waals surface area contributed by atoms with Crippen molar-refractivity contribution in [3.05, 3.63) is 10.6 Å². The molecule has 7 nitrogen and oxygen atoms in total. The maximum absolute atomic E-state index is 12.4. The van der Waals surface area contributed by atoms with Crippen LogP contribution in [0.15, 0.2) is 0 Å². The van der Waals surface area contributed by atoms with E-state index in [1.165, 1.54) is 12.8 Å². The van der Waals surface area contributed by atoms with Crippen LogP contribution in [0.5, 0.6) is 0 Å². The van der Waals surface area contributed by atoms with Gasteiger partial charge < -0.3 is 14.8 Å². The molecule has 0 spiro atoms. The molecule has 0 atom stereocenters. The first-order valence-electron chi connectivity index (χ1n) is 9.86. The van der Waals surface area contributed by atoms with E-state index in [-0.39, 0.29) is 17.7 Å². The molecule has 0 aromatic carbocycles. The largest absolute Gasteiger partial charge is 0.356 e. The summed E-state index contributed by atoms with van der Waals surface area (Å²) in [7, 11) is 0. The minimum absolute atomic E-state index is 0.155. The van der Waals surface area contributed by atoms with E-state index in [9.17, 15) is 9.59 Å². The van der Waals surface area contributed by atoms with Crippen LogP contribution < -0.4 is 5.32 Å². The first-order valence-corrected chi connectivity index (χ1v) is 10.3. The molecule has 1 aromatic heterocycles. The number of carbonyl (C=O) groups is 2. The van der Waals surface area contributed by atoms with E-state index in [1.54, 1.807) is 0 Å². The third-order valence-corrected chi connectivity index (χ3v) is 5.96. The molecule has 0 bridgehead atoms. The number of piperidine rings is 1. The topological polar surface area (TPSA) is 83.0 Å². The number of carbonyl (C=O) groups excluding carboxylic acids is 2. The number of nitrogens with one attached hydrogen (secondary N) is 2. The van der Waals surface area contributed by atoms with Crippen LogP contribution in [-0.4, -0.2) is 51.1 Å². The minimum atomic E-state index is 0.155. The second-order valence-corrected chi connectivity index (χ2v) is 8.20. The van der Waals surface area contributed by atoms with E-state index in [0.717, 1.165) is 55.8 Å². The highest BCUT2D eigenvalue weighted by Gasteiger charge is 2.32. The van der Waals surface area contributed by atoms with Gasteiger partial charge in [-0.3, -0.25) is 14.7 Å². The number of H-pyrrole nitrogens is 1. The van der Waals surface area contributed by atoms with Gasteiger partial charge in [-0.15, -0.1) is 0 Å². The number of hydrogen-bond acceptors (Lipinski definition) is 4. The number of amides is 2. The Kier molecular flexibility index (Phi) is 5.11. The zero-order chi connectivity index (χ0) is 18.1. The Hall–Kier alpha value is -1.70. The SMILES string of the molecule is O=C(NCCCC(=O)N1CCC(c2n[nH]c(=S)n2C2CC2)CC1)C1CC1. The van der Waals surface area contributed by atoms with Gasteiger partial charge in [-0.05, 0) is 57.2 Å². The van der Waals surface area contributed by atoms with E-state index in [2.05, 4.69) is 20.1 Å². The van der Waals surface area contributed by atoms with Crippen LogP contribution in [0.1, 0.15) is 69.2 Å². The van der Waals surface area contributed by atoms with Gasteiger partial charge in [0.25, 0.3) is 0 Å². The van der Waals surface area contributed by atoms with Crippen LogP contribution in [-0.2, 0) is 9.59 Å². The molecule has 2 N–H and O–H groups in total. The summed E-state index contributed by atoms with van der Waals surface area (Å²) in [5, 5.41) is 10.3. The molecule has 26 heavy (non-hydrogen) atoms. The molecule has 1 aliphatic heterocycles.